The van der Waals surface area contributed by atoms with Gasteiger partial charge in [-0.2, -0.15) is 0 Å². The van der Waals surface area contributed by atoms with Crippen molar-refractivity contribution in [2.75, 3.05) is 0 Å². The van der Waals surface area contributed by atoms with Gasteiger partial charge in [0.1, 0.15) is 6.61 Å². The molecule has 0 unspecified atom stereocenters. The summed E-state index contributed by atoms with van der Waals surface area (Å²) in [6.07, 6.45) is -2.46. The maximum absolute atomic E-state index is 12.1. The van der Waals surface area contributed by atoms with Gasteiger partial charge in [-0.15, -0.1) is 0 Å². The predicted molar refractivity (Wildman–Crippen MR) is 42.3 cm³/mol. The molecule has 0 N–H and O–H groups in total. The monoisotopic (exact) mass is 186 g/mol. The van der Waals surface area contributed by atoms with Crippen molar-refractivity contribution < 1.29 is 18.3 Å². The van der Waals surface area contributed by atoms with Gasteiger partial charge < -0.3 is 4.74 Å². The zero-order valence-corrected chi connectivity index (χ0v) is 6.74. The molecule has 4 heteroatoms. The molecule has 0 amide bonds. The zero-order valence-electron chi connectivity index (χ0n) is 6.74. The van der Waals surface area contributed by atoms with E-state index >= 15 is 0 Å². The standard InChI is InChI=1S/C9H8F2O2/c10-9(11)8-3-1-7(2-4-8)5-13-6-12/h1-4,6,9H,5H2. The zero-order chi connectivity index (χ0) is 9.68. The molecule has 0 atom stereocenters. The summed E-state index contributed by atoms with van der Waals surface area (Å²) in [6, 6.07) is 5.64. The third-order valence-electron chi connectivity index (χ3n) is 1.55. The Morgan fingerprint density at radius 3 is 2.38 bits per heavy atom. The van der Waals surface area contributed by atoms with E-state index in [1.54, 1.807) is 0 Å². The first-order valence-corrected chi connectivity index (χ1v) is 3.66. The second kappa shape index (κ2) is 4.54. The second-order valence-corrected chi connectivity index (χ2v) is 2.45. The molecule has 0 bridgehead atoms. The van der Waals surface area contributed by atoms with Gasteiger partial charge in [0, 0.05) is 5.56 Å². The molecular formula is C9H8F2O2. The first kappa shape index (κ1) is 9.64. The first-order chi connectivity index (χ1) is 6.24. The van der Waals surface area contributed by atoms with Gasteiger partial charge >= 0.3 is 0 Å². The van der Waals surface area contributed by atoms with E-state index in [4.69, 9.17) is 0 Å². The van der Waals surface area contributed by atoms with E-state index in [9.17, 15) is 13.6 Å². The predicted octanol–water partition coefficient (Wildman–Crippen LogP) is 2.30. The van der Waals surface area contributed by atoms with Crippen LogP contribution in [0.2, 0.25) is 0 Å². The Labute approximate surface area is 74.1 Å². The molecule has 0 aromatic heterocycles. The van der Waals surface area contributed by atoms with Crippen LogP contribution in [0.4, 0.5) is 8.78 Å². The third-order valence-corrected chi connectivity index (χ3v) is 1.55. The fraction of sp³-hybridized carbons (Fsp3) is 0.222. The van der Waals surface area contributed by atoms with E-state index in [1.165, 1.54) is 24.3 Å². The lowest BCUT2D eigenvalue weighted by Crippen LogP contribution is -1.91. The Hall–Kier alpha value is -1.45. The van der Waals surface area contributed by atoms with Crippen molar-refractivity contribution in [1.82, 2.24) is 0 Å². The van der Waals surface area contributed by atoms with Gasteiger partial charge in [-0.3, -0.25) is 4.79 Å². The molecule has 0 heterocycles. The molecule has 0 radical (unpaired) electrons. The maximum atomic E-state index is 12.1. The minimum atomic E-state index is -2.46. The number of hydrogen-bond acceptors (Lipinski definition) is 2. The fourth-order valence-corrected chi connectivity index (χ4v) is 0.890. The third kappa shape index (κ3) is 2.82. The molecule has 1 aromatic rings. The molecule has 2 nitrogen and oxygen atoms in total. The van der Waals surface area contributed by atoms with E-state index in [1.807, 2.05) is 0 Å². The van der Waals surface area contributed by atoms with E-state index in [2.05, 4.69) is 4.74 Å². The SMILES string of the molecule is O=COCc1ccc(C(F)F)cc1. The van der Waals surface area contributed by atoms with Gasteiger partial charge in [-0.1, -0.05) is 24.3 Å². The van der Waals surface area contributed by atoms with Crippen molar-refractivity contribution >= 4 is 6.47 Å². The number of ether oxygens (including phenoxy) is 1. The Bertz CT molecular complexity index is 269. The van der Waals surface area contributed by atoms with Gasteiger partial charge in [0.25, 0.3) is 12.9 Å². The van der Waals surface area contributed by atoms with Gasteiger partial charge in [0.05, 0.1) is 0 Å². The van der Waals surface area contributed by atoms with Crippen LogP contribution in [0.3, 0.4) is 0 Å². The van der Waals surface area contributed by atoms with Gasteiger partial charge in [0.15, 0.2) is 0 Å². The summed E-state index contributed by atoms with van der Waals surface area (Å²) in [5.74, 6) is 0. The van der Waals surface area contributed by atoms with Crippen molar-refractivity contribution in [3.05, 3.63) is 35.4 Å². The number of carbonyl (C=O) groups is 1. The normalized spacial score (nSPS) is 10.1. The summed E-state index contributed by atoms with van der Waals surface area (Å²) in [7, 11) is 0. The van der Waals surface area contributed by atoms with Crippen molar-refractivity contribution in [2.24, 2.45) is 0 Å². The molecule has 0 aliphatic rings. The lowest BCUT2D eigenvalue weighted by molar-refractivity contribution is -0.129. The highest BCUT2D eigenvalue weighted by Gasteiger charge is 2.05. The average Bonchev–Trinajstić information content (AvgIpc) is 2.15. The van der Waals surface area contributed by atoms with Crippen LogP contribution in [0.5, 0.6) is 0 Å². The topological polar surface area (TPSA) is 26.3 Å². The lowest BCUT2D eigenvalue weighted by Gasteiger charge is -2.01. The summed E-state index contributed by atoms with van der Waals surface area (Å²) in [6.45, 7) is 0.439. The van der Waals surface area contributed by atoms with Crippen LogP contribution >= 0.6 is 0 Å². The Morgan fingerprint density at radius 2 is 1.92 bits per heavy atom. The van der Waals surface area contributed by atoms with Crippen LogP contribution < -0.4 is 0 Å². The molecule has 0 aliphatic carbocycles. The number of benzene rings is 1. The van der Waals surface area contributed by atoms with E-state index in [0.717, 1.165) is 0 Å². The van der Waals surface area contributed by atoms with E-state index in [0.29, 0.717) is 12.0 Å². The van der Waals surface area contributed by atoms with E-state index < -0.39 is 6.43 Å². The molecule has 0 fully saturated rings. The number of rotatable bonds is 4. The minimum Gasteiger partial charge on any atom is -0.463 e. The molecule has 13 heavy (non-hydrogen) atoms. The molecule has 0 saturated carbocycles. The fourth-order valence-electron chi connectivity index (χ4n) is 0.890. The van der Waals surface area contributed by atoms with Crippen molar-refractivity contribution in [3.63, 3.8) is 0 Å². The van der Waals surface area contributed by atoms with Crippen molar-refractivity contribution in [1.29, 1.82) is 0 Å². The Kier molecular flexibility index (Phi) is 3.37. The minimum absolute atomic E-state index is 0.0325. The lowest BCUT2D eigenvalue weighted by atomic mass is 10.1. The molecule has 1 rings (SSSR count). The summed E-state index contributed by atoms with van der Waals surface area (Å²) in [5, 5.41) is 0. The first-order valence-electron chi connectivity index (χ1n) is 3.66. The van der Waals surface area contributed by atoms with Crippen LogP contribution in [0, 0.1) is 0 Å². The summed E-state index contributed by atoms with van der Waals surface area (Å²) < 4.78 is 28.6. The number of carbonyl (C=O) groups excluding carboxylic acids is 1. The number of hydrogen-bond donors (Lipinski definition) is 0. The highest BCUT2D eigenvalue weighted by Crippen LogP contribution is 2.18. The van der Waals surface area contributed by atoms with Gasteiger partial charge in [-0.05, 0) is 5.56 Å². The summed E-state index contributed by atoms with van der Waals surface area (Å²) in [4.78, 5) is 9.81. The van der Waals surface area contributed by atoms with Crippen LogP contribution in [-0.2, 0) is 16.1 Å². The largest absolute Gasteiger partial charge is 0.463 e. The van der Waals surface area contributed by atoms with Crippen LogP contribution in [0.15, 0.2) is 24.3 Å². The summed E-state index contributed by atoms with van der Waals surface area (Å²) in [5.41, 5.74) is 0.659. The van der Waals surface area contributed by atoms with Gasteiger partial charge in [-0.25, -0.2) is 8.78 Å². The molecule has 0 spiro atoms. The Balaban J connectivity index is 2.64. The Morgan fingerprint density at radius 1 is 1.31 bits per heavy atom. The molecule has 1 aromatic carbocycles. The van der Waals surface area contributed by atoms with E-state index in [-0.39, 0.29) is 12.2 Å². The highest BCUT2D eigenvalue weighted by atomic mass is 19.3. The maximum Gasteiger partial charge on any atom is 0.293 e. The van der Waals surface area contributed by atoms with Crippen LogP contribution in [-0.4, -0.2) is 6.47 Å². The number of halogens is 2. The smallest absolute Gasteiger partial charge is 0.293 e. The molecular weight excluding hydrogens is 178 g/mol. The average molecular weight is 186 g/mol. The van der Waals surface area contributed by atoms with Gasteiger partial charge in [0.2, 0.25) is 0 Å². The molecule has 70 valence electrons. The second-order valence-electron chi connectivity index (χ2n) is 2.45. The number of alkyl halides is 2. The van der Waals surface area contributed by atoms with Crippen molar-refractivity contribution in [2.45, 2.75) is 13.0 Å². The molecule has 0 aliphatic heterocycles. The summed E-state index contributed by atoms with van der Waals surface area (Å²) >= 11 is 0. The van der Waals surface area contributed by atoms with Crippen LogP contribution in [0.25, 0.3) is 0 Å². The molecule has 0 saturated heterocycles. The van der Waals surface area contributed by atoms with Crippen LogP contribution in [0.1, 0.15) is 17.6 Å². The van der Waals surface area contributed by atoms with Crippen molar-refractivity contribution in [3.8, 4) is 0 Å². The quantitative estimate of drug-likeness (QED) is 0.674. The highest BCUT2D eigenvalue weighted by molar-refractivity contribution is 5.37.